The van der Waals surface area contributed by atoms with Crippen LogP contribution in [-0.2, 0) is 20.0 Å². The van der Waals surface area contributed by atoms with Gasteiger partial charge in [-0.25, -0.2) is 21.6 Å². The smallest absolute Gasteiger partial charge is 0.261 e. The molecule has 9 heteroatoms. The number of hydrogen-bond acceptors (Lipinski definition) is 5. The molecule has 1 aromatic heterocycles. The molecule has 0 saturated heterocycles. The van der Waals surface area contributed by atoms with E-state index in [4.69, 9.17) is 0 Å². The summed E-state index contributed by atoms with van der Waals surface area (Å²) >= 11 is 0. The van der Waals surface area contributed by atoms with E-state index in [1.165, 1.54) is 48.8 Å². The molecule has 0 amide bonds. The molecule has 0 unspecified atom stereocenters. The van der Waals surface area contributed by atoms with Crippen molar-refractivity contribution in [1.82, 2.24) is 9.71 Å². The summed E-state index contributed by atoms with van der Waals surface area (Å²) in [6.07, 6.45) is 6.66. The predicted molar refractivity (Wildman–Crippen MR) is 94.1 cm³/mol. The van der Waals surface area contributed by atoms with E-state index in [1.807, 2.05) is 0 Å². The molecule has 3 rings (SSSR count). The van der Waals surface area contributed by atoms with E-state index in [1.54, 1.807) is 0 Å². The van der Waals surface area contributed by atoms with E-state index in [2.05, 4.69) is 14.4 Å². The van der Waals surface area contributed by atoms with Gasteiger partial charge in [-0.05, 0) is 49.2 Å². The van der Waals surface area contributed by atoms with Crippen molar-refractivity contribution in [2.45, 2.75) is 41.5 Å². The average molecular weight is 381 g/mol. The van der Waals surface area contributed by atoms with Crippen molar-refractivity contribution in [3.05, 3.63) is 48.8 Å². The highest BCUT2D eigenvalue weighted by Gasteiger charge is 2.23. The van der Waals surface area contributed by atoms with Crippen LogP contribution < -0.4 is 9.44 Å². The van der Waals surface area contributed by atoms with Gasteiger partial charge in [-0.2, -0.15) is 0 Å². The van der Waals surface area contributed by atoms with Gasteiger partial charge in [0.2, 0.25) is 10.0 Å². The summed E-state index contributed by atoms with van der Waals surface area (Å²) in [4.78, 5) is 3.87. The molecule has 1 aromatic carbocycles. The van der Waals surface area contributed by atoms with Gasteiger partial charge in [-0.3, -0.25) is 9.71 Å². The first-order valence-electron chi connectivity index (χ1n) is 7.92. The maximum atomic E-state index is 12.4. The van der Waals surface area contributed by atoms with Gasteiger partial charge in [0.1, 0.15) is 0 Å². The van der Waals surface area contributed by atoms with Crippen molar-refractivity contribution in [3.63, 3.8) is 0 Å². The van der Waals surface area contributed by atoms with E-state index < -0.39 is 20.0 Å². The second kappa shape index (κ2) is 7.11. The maximum Gasteiger partial charge on any atom is 0.261 e. The van der Waals surface area contributed by atoms with Crippen LogP contribution in [0.5, 0.6) is 0 Å². The van der Waals surface area contributed by atoms with E-state index in [9.17, 15) is 16.8 Å². The molecule has 7 nitrogen and oxygen atoms in total. The quantitative estimate of drug-likeness (QED) is 0.797. The molecule has 0 radical (unpaired) electrons. The summed E-state index contributed by atoms with van der Waals surface area (Å²) in [5.41, 5.74) is 0.384. The topological polar surface area (TPSA) is 105 Å². The van der Waals surface area contributed by atoms with E-state index >= 15 is 0 Å². The Bertz CT molecular complexity index is 921. The van der Waals surface area contributed by atoms with Crippen LogP contribution in [0.1, 0.15) is 25.7 Å². The highest BCUT2D eigenvalue weighted by atomic mass is 32.2. The number of aromatic nitrogens is 1. The highest BCUT2D eigenvalue weighted by molar-refractivity contribution is 7.92. The molecular weight excluding hydrogens is 362 g/mol. The van der Waals surface area contributed by atoms with Crippen LogP contribution in [0.15, 0.2) is 58.6 Å². The molecule has 2 aromatic rings. The first-order chi connectivity index (χ1) is 11.9. The largest absolute Gasteiger partial charge is 0.280 e. The van der Waals surface area contributed by atoms with Crippen LogP contribution in [0.4, 0.5) is 5.69 Å². The van der Waals surface area contributed by atoms with Crippen molar-refractivity contribution in [1.29, 1.82) is 0 Å². The standard InChI is InChI=1S/C16H19N3O4S2/c20-24(21,18-13-3-1-2-4-13)15-5-7-16(8-6-15)25(22,23)19-14-9-11-17-12-10-14/h5-13,18H,1-4H2,(H,17,19). The lowest BCUT2D eigenvalue weighted by atomic mass is 10.3. The van der Waals surface area contributed by atoms with E-state index in [0.29, 0.717) is 5.69 Å². The minimum Gasteiger partial charge on any atom is -0.280 e. The summed E-state index contributed by atoms with van der Waals surface area (Å²) in [6.45, 7) is 0. The van der Waals surface area contributed by atoms with Crippen molar-refractivity contribution >= 4 is 25.7 Å². The molecule has 0 atom stereocenters. The summed E-state index contributed by atoms with van der Waals surface area (Å²) in [7, 11) is -7.43. The van der Waals surface area contributed by atoms with Crippen LogP contribution in [-0.4, -0.2) is 27.9 Å². The van der Waals surface area contributed by atoms with E-state index in [0.717, 1.165) is 25.7 Å². The molecule has 1 fully saturated rings. The number of anilines is 1. The zero-order chi connectivity index (χ0) is 17.9. The fraction of sp³-hybridized carbons (Fsp3) is 0.312. The Balaban J connectivity index is 1.77. The molecule has 2 N–H and O–H groups in total. The molecule has 0 aliphatic heterocycles. The third-order valence-electron chi connectivity index (χ3n) is 4.05. The van der Waals surface area contributed by atoms with Crippen LogP contribution in [0.25, 0.3) is 0 Å². The molecule has 1 saturated carbocycles. The molecule has 1 heterocycles. The second-order valence-corrected chi connectivity index (χ2v) is 9.31. The molecular formula is C16H19N3O4S2. The maximum absolute atomic E-state index is 12.4. The summed E-state index contributed by atoms with van der Waals surface area (Å²) < 4.78 is 54.5. The molecule has 1 aliphatic carbocycles. The van der Waals surface area contributed by atoms with Crippen LogP contribution in [0.3, 0.4) is 0 Å². The lowest BCUT2D eigenvalue weighted by molar-refractivity contribution is 0.552. The summed E-state index contributed by atoms with van der Waals surface area (Å²) in [6, 6.07) is 8.20. The Morgan fingerprint density at radius 1 is 0.800 bits per heavy atom. The van der Waals surface area contributed by atoms with Crippen molar-refractivity contribution < 1.29 is 16.8 Å². The van der Waals surface area contributed by atoms with Crippen molar-refractivity contribution in [2.24, 2.45) is 0 Å². The van der Waals surface area contributed by atoms with Gasteiger partial charge in [-0.1, -0.05) is 12.8 Å². The Morgan fingerprint density at radius 3 is 1.88 bits per heavy atom. The number of sulfonamides is 2. The average Bonchev–Trinajstić information content (AvgIpc) is 3.08. The Morgan fingerprint density at radius 2 is 1.32 bits per heavy atom. The van der Waals surface area contributed by atoms with Gasteiger partial charge in [0.05, 0.1) is 15.5 Å². The van der Waals surface area contributed by atoms with Crippen LogP contribution in [0.2, 0.25) is 0 Å². The number of benzene rings is 1. The van der Waals surface area contributed by atoms with Gasteiger partial charge >= 0.3 is 0 Å². The molecule has 25 heavy (non-hydrogen) atoms. The highest BCUT2D eigenvalue weighted by Crippen LogP contribution is 2.22. The second-order valence-electron chi connectivity index (χ2n) is 5.92. The molecule has 134 valence electrons. The first kappa shape index (κ1) is 17.8. The van der Waals surface area contributed by atoms with Crippen molar-refractivity contribution in [2.75, 3.05) is 4.72 Å². The zero-order valence-electron chi connectivity index (χ0n) is 13.4. The number of nitrogens with zero attached hydrogens (tertiary/aromatic N) is 1. The Labute approximate surface area is 147 Å². The SMILES string of the molecule is O=S(=O)(Nc1ccncc1)c1ccc(S(=O)(=O)NC2CCCC2)cc1. The van der Waals surface area contributed by atoms with Crippen LogP contribution in [0, 0.1) is 0 Å². The summed E-state index contributed by atoms with van der Waals surface area (Å²) in [5, 5.41) is 0. The lowest BCUT2D eigenvalue weighted by Crippen LogP contribution is -2.32. The number of hydrogen-bond donors (Lipinski definition) is 2. The third-order valence-corrected chi connectivity index (χ3v) is 6.99. The van der Waals surface area contributed by atoms with Gasteiger partial charge in [0, 0.05) is 18.4 Å². The fourth-order valence-corrected chi connectivity index (χ4v) is 5.13. The Hall–Kier alpha value is -1.97. The fourth-order valence-electron chi connectivity index (χ4n) is 2.76. The van der Waals surface area contributed by atoms with Gasteiger partial charge in [0.15, 0.2) is 0 Å². The number of pyridine rings is 1. The summed E-state index contributed by atoms with van der Waals surface area (Å²) in [5.74, 6) is 0. The molecule has 1 aliphatic rings. The van der Waals surface area contributed by atoms with Gasteiger partial charge < -0.3 is 0 Å². The van der Waals surface area contributed by atoms with Crippen LogP contribution >= 0.6 is 0 Å². The van der Waals surface area contributed by atoms with Gasteiger partial charge in [-0.15, -0.1) is 0 Å². The predicted octanol–water partition coefficient (Wildman–Crippen LogP) is 2.10. The van der Waals surface area contributed by atoms with E-state index in [-0.39, 0.29) is 15.8 Å². The third kappa shape index (κ3) is 4.36. The number of nitrogens with one attached hydrogen (secondary N) is 2. The molecule has 0 bridgehead atoms. The van der Waals surface area contributed by atoms with Crippen molar-refractivity contribution in [3.8, 4) is 0 Å². The minimum absolute atomic E-state index is 0.0101. The lowest BCUT2D eigenvalue weighted by Gasteiger charge is -2.13. The van der Waals surface area contributed by atoms with Gasteiger partial charge in [0.25, 0.3) is 10.0 Å². The zero-order valence-corrected chi connectivity index (χ0v) is 15.1. The minimum atomic E-state index is -3.79. The monoisotopic (exact) mass is 381 g/mol. The molecule has 0 spiro atoms. The Kier molecular flexibility index (Phi) is 5.07. The number of rotatable bonds is 6. The normalized spacial score (nSPS) is 16.0. The first-order valence-corrected chi connectivity index (χ1v) is 10.9.